The molecule has 1 aromatic rings. The largest absolute Gasteiger partial charge is 0.335 e. The van der Waals surface area contributed by atoms with E-state index in [1.54, 1.807) is 0 Å². The van der Waals surface area contributed by atoms with E-state index in [0.717, 1.165) is 23.1 Å². The lowest BCUT2D eigenvalue weighted by atomic mass is 10.1. The summed E-state index contributed by atoms with van der Waals surface area (Å²) in [5, 5.41) is 0. The van der Waals surface area contributed by atoms with Gasteiger partial charge in [-0.25, -0.2) is 0 Å². The zero-order valence-electron chi connectivity index (χ0n) is 10.3. The molecule has 1 amide bonds. The lowest BCUT2D eigenvalue weighted by Crippen LogP contribution is -2.60. The van der Waals surface area contributed by atoms with Crippen LogP contribution in [-0.2, 0) is 0 Å². The second-order valence-electron chi connectivity index (χ2n) is 5.12. The molecule has 2 aliphatic rings. The van der Waals surface area contributed by atoms with Crippen molar-refractivity contribution in [3.8, 4) is 0 Å². The molecule has 2 fully saturated rings. The molecule has 0 radical (unpaired) electrons. The number of rotatable bonds is 2. The van der Waals surface area contributed by atoms with Gasteiger partial charge in [0.1, 0.15) is 0 Å². The molecule has 4 heteroatoms. The Morgan fingerprint density at radius 3 is 2.61 bits per heavy atom. The molecule has 96 valence electrons. The molecular weight excluding hydrogens is 292 g/mol. The highest BCUT2D eigenvalue weighted by Crippen LogP contribution is 2.22. The van der Waals surface area contributed by atoms with E-state index in [0.29, 0.717) is 6.04 Å². The van der Waals surface area contributed by atoms with Gasteiger partial charge >= 0.3 is 0 Å². The van der Waals surface area contributed by atoms with Gasteiger partial charge in [-0.15, -0.1) is 0 Å². The van der Waals surface area contributed by atoms with Crippen LogP contribution >= 0.6 is 15.9 Å². The summed E-state index contributed by atoms with van der Waals surface area (Å²) in [7, 11) is 0. The molecule has 0 unspecified atom stereocenters. The summed E-state index contributed by atoms with van der Waals surface area (Å²) in [6.07, 6.45) is 2.63. The van der Waals surface area contributed by atoms with Crippen molar-refractivity contribution in [1.82, 2.24) is 9.80 Å². The number of halogens is 1. The van der Waals surface area contributed by atoms with Gasteiger partial charge in [-0.05, 0) is 44.1 Å². The average molecular weight is 309 g/mol. The van der Waals surface area contributed by atoms with Crippen LogP contribution < -0.4 is 0 Å². The summed E-state index contributed by atoms with van der Waals surface area (Å²) in [6.45, 7) is 4.21. The summed E-state index contributed by atoms with van der Waals surface area (Å²) in [4.78, 5) is 16.7. The first-order valence-electron chi connectivity index (χ1n) is 6.53. The topological polar surface area (TPSA) is 23.6 Å². The van der Waals surface area contributed by atoms with Crippen molar-refractivity contribution in [2.75, 3.05) is 26.2 Å². The maximum atomic E-state index is 12.2. The van der Waals surface area contributed by atoms with Crippen LogP contribution in [0.15, 0.2) is 28.7 Å². The van der Waals surface area contributed by atoms with Crippen molar-refractivity contribution in [2.24, 2.45) is 0 Å². The Morgan fingerprint density at radius 2 is 1.94 bits per heavy atom. The molecule has 2 heterocycles. The monoisotopic (exact) mass is 308 g/mol. The Labute approximate surface area is 116 Å². The van der Waals surface area contributed by atoms with E-state index in [1.165, 1.54) is 25.9 Å². The number of nitrogens with zero attached hydrogens (tertiary/aromatic N) is 2. The third kappa shape index (κ3) is 2.31. The van der Waals surface area contributed by atoms with E-state index in [9.17, 15) is 4.79 Å². The molecule has 0 aromatic heterocycles. The van der Waals surface area contributed by atoms with Crippen LogP contribution in [-0.4, -0.2) is 47.9 Å². The first-order chi connectivity index (χ1) is 8.74. The number of carbonyl (C=O) groups excluding carboxylic acids is 1. The minimum absolute atomic E-state index is 0.159. The number of carbonyl (C=O) groups is 1. The summed E-state index contributed by atoms with van der Waals surface area (Å²) >= 11 is 3.41. The fourth-order valence-electron chi connectivity index (χ4n) is 2.76. The van der Waals surface area contributed by atoms with Gasteiger partial charge in [0.05, 0.1) is 0 Å². The molecular formula is C14H17BrN2O. The van der Waals surface area contributed by atoms with Crippen molar-refractivity contribution in [3.05, 3.63) is 34.3 Å². The standard InChI is InChI=1S/C14H17BrN2O/c15-12-5-3-4-11(8-12)14(18)17-9-13(10-17)16-6-1-2-7-16/h3-5,8,13H,1-2,6-7,9-10H2. The van der Waals surface area contributed by atoms with Gasteiger partial charge in [0.25, 0.3) is 5.91 Å². The maximum absolute atomic E-state index is 12.2. The Kier molecular flexibility index (Phi) is 3.39. The van der Waals surface area contributed by atoms with Crippen LogP contribution in [0.3, 0.4) is 0 Å². The zero-order valence-corrected chi connectivity index (χ0v) is 11.9. The van der Waals surface area contributed by atoms with Crippen molar-refractivity contribution in [3.63, 3.8) is 0 Å². The van der Waals surface area contributed by atoms with E-state index in [1.807, 2.05) is 29.2 Å². The molecule has 0 saturated carbocycles. The van der Waals surface area contributed by atoms with E-state index < -0.39 is 0 Å². The number of likely N-dealkylation sites (tertiary alicyclic amines) is 2. The van der Waals surface area contributed by atoms with Gasteiger partial charge < -0.3 is 4.90 Å². The molecule has 0 N–H and O–H groups in total. The van der Waals surface area contributed by atoms with Crippen LogP contribution in [0, 0.1) is 0 Å². The molecule has 2 aliphatic heterocycles. The second kappa shape index (κ2) is 5.02. The molecule has 1 aromatic carbocycles. The smallest absolute Gasteiger partial charge is 0.254 e. The Balaban J connectivity index is 1.59. The Bertz CT molecular complexity index is 451. The van der Waals surface area contributed by atoms with E-state index >= 15 is 0 Å². The van der Waals surface area contributed by atoms with E-state index in [-0.39, 0.29) is 5.91 Å². The summed E-state index contributed by atoms with van der Waals surface area (Å²) in [5.74, 6) is 0.159. The molecule has 0 atom stereocenters. The summed E-state index contributed by atoms with van der Waals surface area (Å²) < 4.78 is 0.963. The van der Waals surface area contributed by atoms with Crippen LogP contribution in [0.4, 0.5) is 0 Å². The fourth-order valence-corrected chi connectivity index (χ4v) is 3.16. The Hall–Kier alpha value is -0.870. The van der Waals surface area contributed by atoms with Crippen molar-refractivity contribution in [2.45, 2.75) is 18.9 Å². The summed E-state index contributed by atoms with van der Waals surface area (Å²) in [5.41, 5.74) is 0.782. The zero-order chi connectivity index (χ0) is 12.5. The normalized spacial score (nSPS) is 21.1. The lowest BCUT2D eigenvalue weighted by molar-refractivity contribution is 0.0334. The fraction of sp³-hybridized carbons (Fsp3) is 0.500. The van der Waals surface area contributed by atoms with Crippen molar-refractivity contribution < 1.29 is 4.79 Å². The molecule has 3 rings (SSSR count). The van der Waals surface area contributed by atoms with Gasteiger partial charge in [-0.3, -0.25) is 9.69 Å². The van der Waals surface area contributed by atoms with Gasteiger partial charge in [0.15, 0.2) is 0 Å². The lowest BCUT2D eigenvalue weighted by Gasteiger charge is -2.44. The third-order valence-electron chi connectivity index (χ3n) is 3.88. The molecule has 0 aliphatic carbocycles. The first kappa shape index (κ1) is 12.2. The van der Waals surface area contributed by atoms with Crippen molar-refractivity contribution >= 4 is 21.8 Å². The average Bonchev–Trinajstić information content (AvgIpc) is 2.80. The number of hydrogen-bond acceptors (Lipinski definition) is 2. The molecule has 2 saturated heterocycles. The predicted octanol–water partition coefficient (Wildman–Crippen LogP) is 2.37. The van der Waals surface area contributed by atoms with Crippen LogP contribution in [0.5, 0.6) is 0 Å². The molecule has 0 bridgehead atoms. The predicted molar refractivity (Wildman–Crippen MR) is 74.6 cm³/mol. The highest BCUT2D eigenvalue weighted by atomic mass is 79.9. The minimum Gasteiger partial charge on any atom is -0.335 e. The van der Waals surface area contributed by atoms with Gasteiger partial charge in [-0.1, -0.05) is 22.0 Å². The van der Waals surface area contributed by atoms with Crippen molar-refractivity contribution in [1.29, 1.82) is 0 Å². The minimum atomic E-state index is 0.159. The maximum Gasteiger partial charge on any atom is 0.254 e. The Morgan fingerprint density at radius 1 is 1.22 bits per heavy atom. The first-order valence-corrected chi connectivity index (χ1v) is 7.32. The second-order valence-corrected chi connectivity index (χ2v) is 6.03. The SMILES string of the molecule is O=C(c1cccc(Br)c1)N1CC(N2CCCC2)C1. The van der Waals surface area contributed by atoms with Gasteiger partial charge in [0, 0.05) is 29.2 Å². The number of benzene rings is 1. The molecule has 0 spiro atoms. The van der Waals surface area contributed by atoms with E-state index in [4.69, 9.17) is 0 Å². The van der Waals surface area contributed by atoms with Crippen LogP contribution in [0.1, 0.15) is 23.2 Å². The van der Waals surface area contributed by atoms with E-state index in [2.05, 4.69) is 20.8 Å². The molecule has 3 nitrogen and oxygen atoms in total. The number of hydrogen-bond donors (Lipinski definition) is 0. The van der Waals surface area contributed by atoms with Gasteiger partial charge in [0.2, 0.25) is 0 Å². The number of amides is 1. The third-order valence-corrected chi connectivity index (χ3v) is 4.37. The van der Waals surface area contributed by atoms with Gasteiger partial charge in [-0.2, -0.15) is 0 Å². The highest BCUT2D eigenvalue weighted by molar-refractivity contribution is 9.10. The van der Waals surface area contributed by atoms with Crippen LogP contribution in [0.25, 0.3) is 0 Å². The highest BCUT2D eigenvalue weighted by Gasteiger charge is 2.35. The summed E-state index contributed by atoms with van der Waals surface area (Å²) in [6, 6.07) is 8.24. The molecule has 18 heavy (non-hydrogen) atoms. The van der Waals surface area contributed by atoms with Crippen LogP contribution in [0.2, 0.25) is 0 Å². The quantitative estimate of drug-likeness (QED) is 0.837.